The van der Waals surface area contributed by atoms with Gasteiger partial charge >= 0.3 is 0 Å². The summed E-state index contributed by atoms with van der Waals surface area (Å²) in [6, 6.07) is 11.5. The molecule has 134 valence electrons. The van der Waals surface area contributed by atoms with Gasteiger partial charge in [-0.3, -0.25) is 0 Å². The molecule has 0 spiro atoms. The Morgan fingerprint density at radius 2 is 1.96 bits per heavy atom. The maximum atomic E-state index is 5.88. The quantitative estimate of drug-likeness (QED) is 0.454. The topological polar surface area (TPSA) is 42.8 Å². The molecule has 0 aromatic heterocycles. The lowest BCUT2D eigenvalue weighted by atomic mass is 10.2. The molecular weight excluding hydrogens is 404 g/mol. The number of halogens is 2. The zero-order valence-electron chi connectivity index (χ0n) is 14.6. The Hall–Kier alpha value is -1.72. The lowest BCUT2D eigenvalue weighted by molar-refractivity contribution is 0.222. The normalized spacial score (nSPS) is 11.1. The second kappa shape index (κ2) is 9.68. The average molecular weight is 426 g/mol. The number of nitrogens with one attached hydrogen (secondary N) is 1. The molecule has 0 bridgehead atoms. The molecule has 0 radical (unpaired) electrons. The van der Waals surface area contributed by atoms with Crippen LogP contribution in [0, 0.1) is 0 Å². The van der Waals surface area contributed by atoms with Gasteiger partial charge in [-0.05, 0) is 72.1 Å². The van der Waals surface area contributed by atoms with E-state index in [4.69, 9.17) is 21.1 Å². The van der Waals surface area contributed by atoms with E-state index in [1.54, 1.807) is 6.21 Å². The van der Waals surface area contributed by atoms with E-state index >= 15 is 0 Å². The molecule has 6 heteroatoms. The van der Waals surface area contributed by atoms with Gasteiger partial charge in [-0.2, -0.15) is 5.10 Å². The molecule has 1 N–H and O–H groups in total. The Morgan fingerprint density at radius 3 is 2.60 bits per heavy atom. The van der Waals surface area contributed by atoms with E-state index in [0.717, 1.165) is 20.6 Å². The monoisotopic (exact) mass is 424 g/mol. The predicted octanol–water partition coefficient (Wildman–Crippen LogP) is 5.41. The van der Waals surface area contributed by atoms with Crippen LogP contribution < -0.4 is 14.9 Å². The molecule has 4 nitrogen and oxygen atoms in total. The van der Waals surface area contributed by atoms with Gasteiger partial charge in [0.05, 0.1) is 29.9 Å². The zero-order valence-corrected chi connectivity index (χ0v) is 16.9. The summed E-state index contributed by atoms with van der Waals surface area (Å²) in [6.45, 7) is 7.11. The summed E-state index contributed by atoms with van der Waals surface area (Å²) >= 11 is 9.43. The lowest BCUT2D eigenvalue weighted by Crippen LogP contribution is -2.09. The van der Waals surface area contributed by atoms with Crippen molar-refractivity contribution >= 4 is 33.7 Å². The number of rotatable bonds is 8. The van der Waals surface area contributed by atoms with Crippen LogP contribution in [-0.4, -0.2) is 18.9 Å². The first-order chi connectivity index (χ1) is 12.0. The minimum absolute atomic E-state index is 0.0658. The Balaban J connectivity index is 2.06. The summed E-state index contributed by atoms with van der Waals surface area (Å²) in [5.74, 6) is 1.41. The highest BCUT2D eigenvalue weighted by Gasteiger charge is 2.13. The highest BCUT2D eigenvalue weighted by atomic mass is 79.9. The number of benzene rings is 2. The van der Waals surface area contributed by atoms with E-state index in [-0.39, 0.29) is 6.10 Å². The fourth-order valence-corrected chi connectivity index (χ4v) is 2.81. The fraction of sp³-hybridized carbons (Fsp3) is 0.316. The molecule has 0 saturated heterocycles. The van der Waals surface area contributed by atoms with Gasteiger partial charge in [0.25, 0.3) is 0 Å². The lowest BCUT2D eigenvalue weighted by Gasteiger charge is -2.16. The third-order valence-electron chi connectivity index (χ3n) is 3.19. The van der Waals surface area contributed by atoms with Crippen molar-refractivity contribution < 1.29 is 9.47 Å². The summed E-state index contributed by atoms with van der Waals surface area (Å²) in [4.78, 5) is 0. The number of nitrogens with zero attached hydrogens (tertiary/aromatic N) is 1. The summed E-state index contributed by atoms with van der Waals surface area (Å²) < 4.78 is 12.4. The minimum atomic E-state index is 0.0658. The van der Waals surface area contributed by atoms with Crippen molar-refractivity contribution in [1.29, 1.82) is 0 Å². The van der Waals surface area contributed by atoms with Crippen molar-refractivity contribution in [3.05, 3.63) is 57.0 Å². The number of hydrogen-bond donors (Lipinski definition) is 1. The molecule has 0 aliphatic heterocycles. The average Bonchev–Trinajstić information content (AvgIpc) is 2.56. The van der Waals surface area contributed by atoms with Crippen molar-refractivity contribution in [2.75, 3.05) is 6.61 Å². The summed E-state index contributed by atoms with van der Waals surface area (Å²) in [7, 11) is 0. The molecule has 0 unspecified atom stereocenters. The Kier molecular flexibility index (Phi) is 7.59. The summed E-state index contributed by atoms with van der Waals surface area (Å²) in [5, 5.41) is 4.99. The Morgan fingerprint density at radius 1 is 1.24 bits per heavy atom. The van der Waals surface area contributed by atoms with Gasteiger partial charge in [0.15, 0.2) is 11.5 Å². The van der Waals surface area contributed by atoms with Crippen LogP contribution in [0.2, 0.25) is 5.02 Å². The highest BCUT2D eigenvalue weighted by Crippen LogP contribution is 2.37. The second-order valence-electron chi connectivity index (χ2n) is 5.65. The zero-order chi connectivity index (χ0) is 18.2. The first kappa shape index (κ1) is 19.6. The summed E-state index contributed by atoms with van der Waals surface area (Å²) in [6.07, 6.45) is 1.82. The molecule has 0 fully saturated rings. The van der Waals surface area contributed by atoms with Gasteiger partial charge in [-0.15, -0.1) is 0 Å². The highest BCUT2D eigenvalue weighted by molar-refractivity contribution is 9.10. The largest absolute Gasteiger partial charge is 0.490 e. The SMILES string of the molecule is CCOc1cc(/C=N\NCc2ccc(Cl)cc2)cc(Br)c1OC(C)C. The molecular formula is C19H22BrClN2O2. The van der Waals surface area contributed by atoms with Crippen molar-refractivity contribution in [2.24, 2.45) is 5.10 Å². The van der Waals surface area contributed by atoms with Crippen LogP contribution in [0.4, 0.5) is 0 Å². The maximum absolute atomic E-state index is 5.88. The maximum Gasteiger partial charge on any atom is 0.175 e. The van der Waals surface area contributed by atoms with Crippen molar-refractivity contribution in [1.82, 2.24) is 5.43 Å². The van der Waals surface area contributed by atoms with E-state index in [1.165, 1.54) is 0 Å². The minimum Gasteiger partial charge on any atom is -0.490 e. The molecule has 2 rings (SSSR count). The molecule has 25 heavy (non-hydrogen) atoms. The van der Waals surface area contributed by atoms with E-state index in [9.17, 15) is 0 Å². The molecule has 2 aromatic carbocycles. The van der Waals surface area contributed by atoms with Crippen LogP contribution in [0.15, 0.2) is 46.0 Å². The van der Waals surface area contributed by atoms with Gasteiger partial charge in [0.1, 0.15) is 0 Å². The number of hydrazone groups is 1. The van der Waals surface area contributed by atoms with Gasteiger partial charge in [-0.1, -0.05) is 23.7 Å². The van der Waals surface area contributed by atoms with Gasteiger partial charge in [0, 0.05) is 5.02 Å². The molecule has 0 aliphatic rings. The molecule has 2 aromatic rings. The van der Waals surface area contributed by atoms with Crippen molar-refractivity contribution in [3.63, 3.8) is 0 Å². The van der Waals surface area contributed by atoms with E-state index in [0.29, 0.717) is 24.7 Å². The van der Waals surface area contributed by atoms with Crippen molar-refractivity contribution in [3.8, 4) is 11.5 Å². The van der Waals surface area contributed by atoms with E-state index < -0.39 is 0 Å². The third-order valence-corrected chi connectivity index (χ3v) is 4.03. The predicted molar refractivity (Wildman–Crippen MR) is 107 cm³/mol. The van der Waals surface area contributed by atoms with E-state index in [2.05, 4.69) is 26.5 Å². The van der Waals surface area contributed by atoms with Crippen LogP contribution >= 0.6 is 27.5 Å². The smallest absolute Gasteiger partial charge is 0.175 e. The third kappa shape index (κ3) is 6.25. The first-order valence-corrected chi connectivity index (χ1v) is 9.30. The van der Waals surface area contributed by atoms with Crippen molar-refractivity contribution in [2.45, 2.75) is 33.4 Å². The van der Waals surface area contributed by atoms with Gasteiger partial charge in [0.2, 0.25) is 0 Å². The first-order valence-electron chi connectivity index (χ1n) is 8.13. The van der Waals surface area contributed by atoms with Crippen LogP contribution in [0.25, 0.3) is 0 Å². The fourth-order valence-electron chi connectivity index (χ4n) is 2.13. The molecule has 0 atom stereocenters. The second-order valence-corrected chi connectivity index (χ2v) is 6.94. The Bertz CT molecular complexity index is 718. The number of hydrogen-bond acceptors (Lipinski definition) is 4. The number of ether oxygens (including phenoxy) is 2. The standard InChI is InChI=1S/C19H22BrClN2O2/c1-4-24-18-10-15(9-17(20)19(18)25-13(2)3)12-23-22-11-14-5-7-16(21)8-6-14/h5-10,12-13,22H,4,11H2,1-3H3/b23-12-. The summed E-state index contributed by atoms with van der Waals surface area (Å²) in [5.41, 5.74) is 5.05. The van der Waals surface area contributed by atoms with Crippen LogP contribution in [0.1, 0.15) is 31.9 Å². The molecule has 0 amide bonds. The van der Waals surface area contributed by atoms with Gasteiger partial charge in [-0.25, -0.2) is 0 Å². The van der Waals surface area contributed by atoms with Crippen LogP contribution in [0.5, 0.6) is 11.5 Å². The molecule has 0 heterocycles. The Labute approximate surface area is 162 Å². The van der Waals surface area contributed by atoms with Crippen LogP contribution in [0.3, 0.4) is 0 Å². The van der Waals surface area contributed by atoms with Gasteiger partial charge < -0.3 is 14.9 Å². The van der Waals surface area contributed by atoms with Crippen LogP contribution in [-0.2, 0) is 6.54 Å². The molecule has 0 aliphatic carbocycles. The van der Waals surface area contributed by atoms with E-state index in [1.807, 2.05) is 57.2 Å². The molecule has 0 saturated carbocycles.